The average molecular weight is 445 g/mol. The first-order chi connectivity index (χ1) is 14.5. The van der Waals surface area contributed by atoms with Gasteiger partial charge in [0.15, 0.2) is 0 Å². The third-order valence-electron chi connectivity index (χ3n) is 7.29. The van der Waals surface area contributed by atoms with Crippen LogP contribution in [0.5, 0.6) is 0 Å². The van der Waals surface area contributed by atoms with Gasteiger partial charge in [0.1, 0.15) is 0 Å². The van der Waals surface area contributed by atoms with Gasteiger partial charge >= 0.3 is 8.80 Å². The molecule has 0 aliphatic heterocycles. The van der Waals surface area contributed by atoms with Crippen LogP contribution in [0.3, 0.4) is 0 Å². The third-order valence-corrected chi connectivity index (χ3v) is 10.8. The highest BCUT2D eigenvalue weighted by Crippen LogP contribution is 2.39. The van der Waals surface area contributed by atoms with E-state index in [0.29, 0.717) is 17.4 Å². The van der Waals surface area contributed by atoms with E-state index in [1.165, 1.54) is 96.3 Å². The van der Waals surface area contributed by atoms with Crippen LogP contribution in [0.1, 0.15) is 130 Å². The molecule has 30 heavy (non-hydrogen) atoms. The minimum Gasteiger partial charge on any atom is -0.377 e. The number of hydrogen-bond acceptors (Lipinski definition) is 3. The van der Waals surface area contributed by atoms with Gasteiger partial charge in [0.2, 0.25) is 0 Å². The molecule has 0 bridgehead atoms. The second-order valence-electron chi connectivity index (χ2n) is 9.45. The molecule has 0 saturated carbocycles. The molecule has 3 unspecified atom stereocenters. The Kier molecular flexibility index (Phi) is 19.8. The molecule has 0 radical (unpaired) electrons. The van der Waals surface area contributed by atoms with Gasteiger partial charge in [0, 0.05) is 26.9 Å². The zero-order valence-electron chi connectivity index (χ0n) is 21.8. The molecular formula is C26H56O3Si. The Morgan fingerprint density at radius 2 is 0.933 bits per heavy atom. The number of rotatable bonds is 22. The average Bonchev–Trinajstić information content (AvgIpc) is 2.77. The molecule has 0 aliphatic carbocycles. The summed E-state index contributed by atoms with van der Waals surface area (Å²) in [5.41, 5.74) is 0.374. The van der Waals surface area contributed by atoms with Crippen molar-refractivity contribution in [3.63, 3.8) is 0 Å². The predicted molar refractivity (Wildman–Crippen MR) is 134 cm³/mol. The van der Waals surface area contributed by atoms with E-state index in [1.807, 2.05) is 0 Å². The van der Waals surface area contributed by atoms with Crippen LogP contribution in [0, 0.1) is 11.8 Å². The summed E-state index contributed by atoms with van der Waals surface area (Å²) in [6, 6.07) is 0. The lowest BCUT2D eigenvalue weighted by Gasteiger charge is -2.37. The molecule has 0 rings (SSSR count). The molecule has 0 N–H and O–H groups in total. The molecule has 0 amide bonds. The van der Waals surface area contributed by atoms with Crippen molar-refractivity contribution in [1.29, 1.82) is 0 Å². The fraction of sp³-hybridized carbons (Fsp3) is 1.00. The molecule has 0 saturated heterocycles. The molecule has 0 spiro atoms. The van der Waals surface area contributed by atoms with Crippen molar-refractivity contribution in [3.8, 4) is 0 Å². The summed E-state index contributed by atoms with van der Waals surface area (Å²) in [7, 11) is 2.67. The van der Waals surface area contributed by atoms with Crippen molar-refractivity contribution in [2.75, 3.05) is 21.3 Å². The van der Waals surface area contributed by atoms with Gasteiger partial charge in [-0.15, -0.1) is 0 Å². The maximum Gasteiger partial charge on any atom is 0.503 e. The van der Waals surface area contributed by atoms with Gasteiger partial charge in [-0.25, -0.2) is 0 Å². The van der Waals surface area contributed by atoms with Crippen LogP contribution in [0.2, 0.25) is 5.54 Å². The first-order valence-electron chi connectivity index (χ1n) is 13.2. The second kappa shape index (κ2) is 19.8. The van der Waals surface area contributed by atoms with Crippen LogP contribution in [-0.2, 0) is 13.3 Å². The van der Waals surface area contributed by atoms with Crippen molar-refractivity contribution < 1.29 is 13.3 Å². The highest BCUT2D eigenvalue weighted by Gasteiger charge is 2.49. The van der Waals surface area contributed by atoms with E-state index in [4.69, 9.17) is 13.3 Å². The molecule has 4 heteroatoms. The number of hydrogen-bond donors (Lipinski definition) is 0. The summed E-state index contributed by atoms with van der Waals surface area (Å²) in [5.74, 6) is 1.24. The van der Waals surface area contributed by atoms with Gasteiger partial charge in [-0.3, -0.25) is 0 Å². The van der Waals surface area contributed by atoms with E-state index in [9.17, 15) is 0 Å². The van der Waals surface area contributed by atoms with Gasteiger partial charge < -0.3 is 13.3 Å². The minimum atomic E-state index is -2.56. The van der Waals surface area contributed by atoms with Crippen molar-refractivity contribution >= 4 is 8.80 Å². The van der Waals surface area contributed by atoms with Crippen molar-refractivity contribution in [1.82, 2.24) is 0 Å². The van der Waals surface area contributed by atoms with E-state index in [2.05, 4.69) is 27.7 Å². The summed E-state index contributed by atoms with van der Waals surface area (Å²) in [4.78, 5) is 0. The Hall–Kier alpha value is 0.0969. The van der Waals surface area contributed by atoms with Crippen LogP contribution in [0.25, 0.3) is 0 Å². The Morgan fingerprint density at radius 3 is 1.27 bits per heavy atom. The monoisotopic (exact) mass is 444 g/mol. The molecule has 3 nitrogen and oxygen atoms in total. The van der Waals surface area contributed by atoms with Crippen molar-refractivity contribution in [3.05, 3.63) is 0 Å². The smallest absolute Gasteiger partial charge is 0.377 e. The SMILES string of the molecule is CCCCCCCCCCCCCCCCC(C)C(C)C(CC)[Si](OC)(OC)OC. The third kappa shape index (κ3) is 12.2. The van der Waals surface area contributed by atoms with Gasteiger partial charge in [0.05, 0.1) is 0 Å². The highest BCUT2D eigenvalue weighted by atomic mass is 28.4. The molecule has 0 aromatic carbocycles. The topological polar surface area (TPSA) is 27.7 Å². The van der Waals surface area contributed by atoms with Crippen LogP contribution >= 0.6 is 0 Å². The summed E-state index contributed by atoms with van der Waals surface area (Å²) < 4.78 is 17.3. The van der Waals surface area contributed by atoms with E-state index < -0.39 is 8.80 Å². The lowest BCUT2D eigenvalue weighted by molar-refractivity contribution is 0.0946. The first-order valence-corrected chi connectivity index (χ1v) is 15.0. The van der Waals surface area contributed by atoms with E-state index in [0.717, 1.165) is 6.42 Å². The van der Waals surface area contributed by atoms with Gasteiger partial charge in [-0.2, -0.15) is 0 Å². The molecule has 3 atom stereocenters. The lowest BCUT2D eigenvalue weighted by atomic mass is 9.87. The largest absolute Gasteiger partial charge is 0.503 e. The zero-order valence-corrected chi connectivity index (χ0v) is 22.8. The van der Waals surface area contributed by atoms with E-state index in [1.54, 1.807) is 21.3 Å². The fourth-order valence-corrected chi connectivity index (χ4v) is 7.85. The molecule has 182 valence electrons. The lowest BCUT2D eigenvalue weighted by Crippen LogP contribution is -2.50. The van der Waals surface area contributed by atoms with Crippen molar-refractivity contribution in [2.45, 2.75) is 136 Å². The van der Waals surface area contributed by atoms with Gasteiger partial charge in [0.25, 0.3) is 0 Å². The van der Waals surface area contributed by atoms with Crippen LogP contribution in [0.4, 0.5) is 0 Å². The summed E-state index contributed by atoms with van der Waals surface area (Å²) in [5, 5.41) is 0. The van der Waals surface area contributed by atoms with Crippen molar-refractivity contribution in [2.24, 2.45) is 11.8 Å². The Balaban J connectivity index is 3.80. The van der Waals surface area contributed by atoms with E-state index >= 15 is 0 Å². The molecule has 0 aliphatic rings. The standard InChI is InChI=1S/C26H56O3Si/c1-8-10-11-12-13-14-15-16-17-18-19-20-21-22-23-24(3)25(4)26(9-2)30(27-5,28-6)29-7/h24-26H,8-23H2,1-7H3. The fourth-order valence-electron chi connectivity index (χ4n) is 4.97. The normalized spacial score (nSPS) is 15.3. The predicted octanol–water partition coefficient (Wildman–Crippen LogP) is 8.79. The van der Waals surface area contributed by atoms with E-state index in [-0.39, 0.29) is 0 Å². The van der Waals surface area contributed by atoms with Gasteiger partial charge in [-0.1, -0.05) is 124 Å². The number of unbranched alkanes of at least 4 members (excludes halogenated alkanes) is 13. The summed E-state index contributed by atoms with van der Waals surface area (Å²) in [6.07, 6.45) is 22.3. The molecule has 0 fully saturated rings. The van der Waals surface area contributed by atoms with Crippen LogP contribution in [-0.4, -0.2) is 30.1 Å². The maximum absolute atomic E-state index is 5.78. The zero-order chi connectivity index (χ0) is 22.7. The summed E-state index contributed by atoms with van der Waals surface area (Å²) >= 11 is 0. The van der Waals surface area contributed by atoms with Crippen LogP contribution < -0.4 is 0 Å². The Labute approximate surface area is 191 Å². The molecule has 0 aromatic rings. The first kappa shape index (κ1) is 30.1. The van der Waals surface area contributed by atoms with Gasteiger partial charge in [-0.05, 0) is 18.3 Å². The molecular weight excluding hydrogens is 388 g/mol. The maximum atomic E-state index is 5.78. The summed E-state index contributed by atoms with van der Waals surface area (Å²) in [6.45, 7) is 9.29. The van der Waals surface area contributed by atoms with Crippen LogP contribution in [0.15, 0.2) is 0 Å². The Morgan fingerprint density at radius 1 is 0.567 bits per heavy atom. The quantitative estimate of drug-likeness (QED) is 0.123. The minimum absolute atomic E-state index is 0.374. The molecule has 0 heterocycles. The highest BCUT2D eigenvalue weighted by molar-refractivity contribution is 6.62. The second-order valence-corrected chi connectivity index (χ2v) is 12.6. The Bertz CT molecular complexity index is 352. The molecule has 0 aromatic heterocycles.